The monoisotopic (exact) mass is 413 g/mol. The lowest BCUT2D eigenvalue weighted by Crippen LogP contribution is -2.36. The second kappa shape index (κ2) is 7.54. The number of nitrogens with zero attached hydrogens (tertiary/aromatic N) is 2. The highest BCUT2D eigenvalue weighted by Gasteiger charge is 2.19. The van der Waals surface area contributed by atoms with E-state index < -0.39 is 6.10 Å². The Morgan fingerprint density at radius 1 is 1.10 bits per heavy atom. The number of carbonyl (C=O) groups is 1. The molecule has 5 rings (SSSR count). The zero-order chi connectivity index (χ0) is 21.5. The largest absolute Gasteiger partial charge is 0.481 e. The van der Waals surface area contributed by atoms with Crippen molar-refractivity contribution in [1.82, 2.24) is 14.7 Å². The lowest BCUT2D eigenvalue weighted by atomic mass is 10.1. The minimum Gasteiger partial charge on any atom is -0.481 e. The molecule has 3 aromatic heterocycles. The number of benzene rings is 2. The Morgan fingerprint density at radius 3 is 2.71 bits per heavy atom. The van der Waals surface area contributed by atoms with Crippen LogP contribution in [-0.4, -0.2) is 27.9 Å². The van der Waals surface area contributed by atoms with Crippen LogP contribution in [0.2, 0.25) is 0 Å². The van der Waals surface area contributed by atoms with E-state index in [2.05, 4.69) is 17.2 Å². The number of carbonyl (C=O) groups excluding carboxylic acids is 1. The fourth-order valence-electron chi connectivity index (χ4n) is 4.21. The molecule has 0 spiro atoms. The van der Waals surface area contributed by atoms with E-state index in [0.717, 1.165) is 45.6 Å². The van der Waals surface area contributed by atoms with Gasteiger partial charge in [-0.05, 0) is 43.7 Å². The Bertz CT molecular complexity index is 1490. The second-order valence-corrected chi connectivity index (χ2v) is 7.83. The number of nitrogens with one attached hydrogen (secondary N) is 1. The summed E-state index contributed by atoms with van der Waals surface area (Å²) in [5.74, 6) is 0.457. The molecule has 1 amide bonds. The first-order valence-electron chi connectivity index (χ1n) is 10.6. The third-order valence-corrected chi connectivity index (χ3v) is 5.77. The predicted octanol–water partition coefficient (Wildman–Crippen LogP) is 4.28. The number of unbranched alkanes of at least 4 members (excludes halogenated alkanes) is 1. The standard InChI is InChI=1S/C25H23N3O3/c1-3-4-12-27-24(29)15(2)31-16-9-10-21-20(14-16)18-11-13-26-22-17-7-5-6-8-19(17)25(30)28(21)23(18)22/h5-11,13-15H,3-4,12H2,1-2H3,(H,27,29)/t15-/m0/s1. The van der Waals surface area contributed by atoms with Crippen molar-refractivity contribution in [3.05, 3.63) is 65.1 Å². The van der Waals surface area contributed by atoms with Gasteiger partial charge in [-0.1, -0.05) is 31.5 Å². The summed E-state index contributed by atoms with van der Waals surface area (Å²) in [5, 5.41) is 6.22. The second-order valence-electron chi connectivity index (χ2n) is 7.83. The Balaban J connectivity index is 1.63. The fourth-order valence-corrected chi connectivity index (χ4v) is 4.21. The zero-order valence-corrected chi connectivity index (χ0v) is 17.5. The lowest BCUT2D eigenvalue weighted by Gasteiger charge is -2.14. The highest BCUT2D eigenvalue weighted by Crippen LogP contribution is 2.34. The van der Waals surface area contributed by atoms with Gasteiger partial charge in [0.15, 0.2) is 6.10 Å². The molecule has 0 aliphatic rings. The first kappa shape index (κ1) is 19.3. The first-order chi connectivity index (χ1) is 15.1. The van der Waals surface area contributed by atoms with Crippen LogP contribution < -0.4 is 15.6 Å². The molecule has 0 unspecified atom stereocenters. The third kappa shape index (κ3) is 3.06. The van der Waals surface area contributed by atoms with Gasteiger partial charge >= 0.3 is 0 Å². The van der Waals surface area contributed by atoms with Gasteiger partial charge in [0.2, 0.25) is 0 Å². The molecule has 0 bridgehead atoms. The Morgan fingerprint density at radius 2 is 1.90 bits per heavy atom. The normalized spacial score (nSPS) is 12.7. The minimum atomic E-state index is -0.610. The molecule has 0 fully saturated rings. The van der Waals surface area contributed by atoms with Crippen molar-refractivity contribution in [3.8, 4) is 5.75 Å². The number of fused-ring (bicyclic) bond motifs is 5. The number of pyridine rings is 2. The topological polar surface area (TPSA) is 72.7 Å². The molecule has 3 heterocycles. The van der Waals surface area contributed by atoms with Gasteiger partial charge in [0, 0.05) is 34.3 Å². The van der Waals surface area contributed by atoms with E-state index in [1.807, 2.05) is 42.5 Å². The predicted molar refractivity (Wildman–Crippen MR) is 123 cm³/mol. The van der Waals surface area contributed by atoms with Crippen LogP contribution in [0, 0.1) is 0 Å². The fraction of sp³-hybridized carbons (Fsp3) is 0.240. The summed E-state index contributed by atoms with van der Waals surface area (Å²) < 4.78 is 7.66. The van der Waals surface area contributed by atoms with Gasteiger partial charge < -0.3 is 10.1 Å². The summed E-state index contributed by atoms with van der Waals surface area (Å²) >= 11 is 0. The molecule has 0 saturated carbocycles. The van der Waals surface area contributed by atoms with Gasteiger partial charge in [-0.3, -0.25) is 19.0 Å². The van der Waals surface area contributed by atoms with Crippen molar-refractivity contribution in [1.29, 1.82) is 0 Å². The molecule has 31 heavy (non-hydrogen) atoms. The van der Waals surface area contributed by atoms with E-state index in [0.29, 0.717) is 17.7 Å². The number of hydrogen-bond acceptors (Lipinski definition) is 4. The SMILES string of the molecule is CCCCNC(=O)[C@H](C)Oc1ccc2c(c1)c1ccnc3c4ccccc4c(=O)n2c13. The molecule has 2 aromatic carbocycles. The number of aromatic nitrogens is 2. The summed E-state index contributed by atoms with van der Waals surface area (Å²) in [5.41, 5.74) is 2.35. The molecule has 5 aromatic rings. The van der Waals surface area contributed by atoms with E-state index >= 15 is 0 Å². The Kier molecular flexibility index (Phi) is 4.70. The maximum absolute atomic E-state index is 13.3. The maximum atomic E-state index is 13.3. The average Bonchev–Trinajstić information content (AvgIpc) is 3.12. The molecule has 1 N–H and O–H groups in total. The average molecular weight is 413 g/mol. The zero-order valence-electron chi connectivity index (χ0n) is 17.5. The Hall–Kier alpha value is -3.67. The number of hydrogen-bond donors (Lipinski definition) is 1. The molecule has 6 nitrogen and oxygen atoms in total. The van der Waals surface area contributed by atoms with Crippen LogP contribution in [0.5, 0.6) is 5.75 Å². The molecule has 156 valence electrons. The molecular formula is C25H23N3O3. The van der Waals surface area contributed by atoms with Crippen molar-refractivity contribution in [2.75, 3.05) is 6.54 Å². The van der Waals surface area contributed by atoms with Gasteiger partial charge in [-0.15, -0.1) is 0 Å². The van der Waals surface area contributed by atoms with E-state index in [4.69, 9.17) is 4.74 Å². The highest BCUT2D eigenvalue weighted by atomic mass is 16.5. The molecule has 6 heteroatoms. The summed E-state index contributed by atoms with van der Waals surface area (Å²) in [4.78, 5) is 30.2. The van der Waals surface area contributed by atoms with Crippen molar-refractivity contribution in [2.24, 2.45) is 0 Å². The molecule has 0 aliphatic heterocycles. The number of rotatable bonds is 6. The highest BCUT2D eigenvalue weighted by molar-refractivity contribution is 6.18. The minimum absolute atomic E-state index is 0.0616. The van der Waals surface area contributed by atoms with Crippen LogP contribution in [0.4, 0.5) is 0 Å². The van der Waals surface area contributed by atoms with E-state index in [-0.39, 0.29) is 11.5 Å². The van der Waals surface area contributed by atoms with Crippen molar-refractivity contribution >= 4 is 44.0 Å². The van der Waals surface area contributed by atoms with E-state index in [1.165, 1.54) is 0 Å². The van der Waals surface area contributed by atoms with Crippen molar-refractivity contribution in [3.63, 3.8) is 0 Å². The van der Waals surface area contributed by atoms with Gasteiger partial charge in [0.05, 0.1) is 16.6 Å². The van der Waals surface area contributed by atoms with Gasteiger partial charge in [-0.25, -0.2) is 0 Å². The van der Waals surface area contributed by atoms with Crippen LogP contribution in [0.1, 0.15) is 26.7 Å². The van der Waals surface area contributed by atoms with Gasteiger partial charge in [-0.2, -0.15) is 0 Å². The van der Waals surface area contributed by atoms with Crippen LogP contribution in [0.25, 0.3) is 38.1 Å². The summed E-state index contributed by atoms with van der Waals surface area (Å²) in [7, 11) is 0. The van der Waals surface area contributed by atoms with Crippen molar-refractivity contribution < 1.29 is 9.53 Å². The van der Waals surface area contributed by atoms with Crippen molar-refractivity contribution in [2.45, 2.75) is 32.8 Å². The summed E-state index contributed by atoms with van der Waals surface area (Å²) in [6, 6.07) is 15.1. The molecule has 1 atom stereocenters. The molecule has 0 saturated heterocycles. The van der Waals surface area contributed by atoms with Gasteiger partial charge in [0.1, 0.15) is 5.75 Å². The summed E-state index contributed by atoms with van der Waals surface area (Å²) in [6.45, 7) is 4.47. The van der Waals surface area contributed by atoms with Gasteiger partial charge in [0.25, 0.3) is 11.5 Å². The summed E-state index contributed by atoms with van der Waals surface area (Å²) in [6.07, 6.45) is 3.12. The molecular weight excluding hydrogens is 390 g/mol. The van der Waals surface area contributed by atoms with Crippen LogP contribution >= 0.6 is 0 Å². The van der Waals surface area contributed by atoms with E-state index in [1.54, 1.807) is 23.6 Å². The Labute approximate surface area is 178 Å². The number of amides is 1. The van der Waals surface area contributed by atoms with Crippen LogP contribution in [0.3, 0.4) is 0 Å². The molecule has 0 radical (unpaired) electrons. The van der Waals surface area contributed by atoms with Crippen LogP contribution in [-0.2, 0) is 4.79 Å². The lowest BCUT2D eigenvalue weighted by molar-refractivity contribution is -0.127. The first-order valence-corrected chi connectivity index (χ1v) is 10.6. The quantitative estimate of drug-likeness (QED) is 0.333. The molecule has 0 aliphatic carbocycles. The maximum Gasteiger partial charge on any atom is 0.263 e. The number of ether oxygens (including phenoxy) is 1. The smallest absolute Gasteiger partial charge is 0.263 e. The third-order valence-electron chi connectivity index (χ3n) is 5.77. The van der Waals surface area contributed by atoms with Crippen LogP contribution in [0.15, 0.2) is 59.5 Å². The van der Waals surface area contributed by atoms with E-state index in [9.17, 15) is 9.59 Å².